The molecule has 0 spiro atoms. The van der Waals surface area contributed by atoms with Crippen molar-refractivity contribution in [2.45, 2.75) is 45.2 Å². The van der Waals surface area contributed by atoms with Crippen LogP contribution in [0.2, 0.25) is 0 Å². The van der Waals surface area contributed by atoms with E-state index >= 15 is 0 Å². The van der Waals surface area contributed by atoms with E-state index in [1.165, 1.54) is 0 Å². The zero-order valence-corrected chi connectivity index (χ0v) is 12.5. The van der Waals surface area contributed by atoms with Gasteiger partial charge in [-0.1, -0.05) is 19.8 Å². The molecule has 0 bridgehead atoms. The predicted octanol–water partition coefficient (Wildman–Crippen LogP) is 1.18. The van der Waals surface area contributed by atoms with Crippen molar-refractivity contribution in [1.29, 1.82) is 0 Å². The highest BCUT2D eigenvalue weighted by Gasteiger charge is 2.34. The lowest BCUT2D eigenvalue weighted by molar-refractivity contribution is -0.144. The molecule has 2 N–H and O–H groups in total. The largest absolute Gasteiger partial charge is 0.480 e. The Morgan fingerprint density at radius 1 is 1.47 bits per heavy atom. The number of hydrogen-bond donors (Lipinski definition) is 2. The summed E-state index contributed by atoms with van der Waals surface area (Å²) in [5.41, 5.74) is 0. The van der Waals surface area contributed by atoms with Crippen LogP contribution in [0.4, 0.5) is 0 Å². The molecule has 1 aliphatic heterocycles. The standard InChI is InChI=1S/C13H24N2O3S/c1-3-4-5-6-14-12(16)10(2)15-7-8-19-9-11(15)13(17)18/h10-11H,3-9H2,1-2H3,(H,14,16)(H,17,18). The summed E-state index contributed by atoms with van der Waals surface area (Å²) in [7, 11) is 0. The fourth-order valence-electron chi connectivity index (χ4n) is 2.18. The van der Waals surface area contributed by atoms with Crippen molar-refractivity contribution in [3.63, 3.8) is 0 Å². The summed E-state index contributed by atoms with van der Waals surface area (Å²) >= 11 is 1.63. The summed E-state index contributed by atoms with van der Waals surface area (Å²) in [6.45, 7) is 5.25. The molecule has 0 radical (unpaired) electrons. The fraction of sp³-hybridized carbons (Fsp3) is 0.846. The van der Waals surface area contributed by atoms with Gasteiger partial charge in [0.05, 0.1) is 6.04 Å². The molecule has 2 atom stereocenters. The van der Waals surface area contributed by atoms with Crippen LogP contribution in [-0.2, 0) is 9.59 Å². The zero-order chi connectivity index (χ0) is 14.3. The second kappa shape index (κ2) is 8.43. The lowest BCUT2D eigenvalue weighted by atomic mass is 10.1. The van der Waals surface area contributed by atoms with Gasteiger partial charge in [0.1, 0.15) is 6.04 Å². The highest BCUT2D eigenvalue weighted by atomic mass is 32.2. The van der Waals surface area contributed by atoms with E-state index in [1.807, 2.05) is 0 Å². The maximum Gasteiger partial charge on any atom is 0.321 e. The van der Waals surface area contributed by atoms with Gasteiger partial charge in [-0.25, -0.2) is 0 Å². The first-order chi connectivity index (χ1) is 9.07. The van der Waals surface area contributed by atoms with Gasteiger partial charge in [0.2, 0.25) is 5.91 Å². The Morgan fingerprint density at radius 2 is 2.21 bits per heavy atom. The molecule has 0 saturated carbocycles. The minimum atomic E-state index is -0.835. The van der Waals surface area contributed by atoms with E-state index in [-0.39, 0.29) is 11.9 Å². The number of carbonyl (C=O) groups excluding carboxylic acids is 1. The molecule has 0 aromatic carbocycles. The highest BCUT2D eigenvalue weighted by Crippen LogP contribution is 2.19. The van der Waals surface area contributed by atoms with Crippen LogP contribution >= 0.6 is 11.8 Å². The Hall–Kier alpha value is -0.750. The van der Waals surface area contributed by atoms with Gasteiger partial charge in [0.15, 0.2) is 0 Å². The molecule has 0 aromatic rings. The van der Waals surface area contributed by atoms with Gasteiger partial charge in [-0.3, -0.25) is 14.5 Å². The first-order valence-corrected chi connectivity index (χ1v) is 8.07. The number of hydrogen-bond acceptors (Lipinski definition) is 4. The highest BCUT2D eigenvalue weighted by molar-refractivity contribution is 7.99. The molecule has 19 heavy (non-hydrogen) atoms. The number of carboxylic acid groups (broad SMARTS) is 1. The van der Waals surface area contributed by atoms with Crippen molar-refractivity contribution in [3.05, 3.63) is 0 Å². The predicted molar refractivity (Wildman–Crippen MR) is 77.5 cm³/mol. The van der Waals surface area contributed by atoms with Crippen LogP contribution in [0.3, 0.4) is 0 Å². The quantitative estimate of drug-likeness (QED) is 0.689. The van der Waals surface area contributed by atoms with Crippen LogP contribution in [0.25, 0.3) is 0 Å². The molecule has 0 aromatic heterocycles. The number of unbranched alkanes of at least 4 members (excludes halogenated alkanes) is 2. The van der Waals surface area contributed by atoms with E-state index in [0.29, 0.717) is 18.8 Å². The molecular formula is C13H24N2O3S. The minimum absolute atomic E-state index is 0.0609. The average Bonchev–Trinajstić information content (AvgIpc) is 2.42. The van der Waals surface area contributed by atoms with Crippen molar-refractivity contribution < 1.29 is 14.7 Å². The van der Waals surface area contributed by atoms with Gasteiger partial charge >= 0.3 is 5.97 Å². The molecule has 2 unspecified atom stereocenters. The second-order valence-electron chi connectivity index (χ2n) is 4.84. The minimum Gasteiger partial charge on any atom is -0.480 e. The summed E-state index contributed by atoms with van der Waals surface area (Å²) in [6.07, 6.45) is 3.20. The Morgan fingerprint density at radius 3 is 2.84 bits per heavy atom. The molecule has 1 amide bonds. The Kier molecular flexibility index (Phi) is 7.23. The monoisotopic (exact) mass is 288 g/mol. The first kappa shape index (κ1) is 16.3. The van der Waals surface area contributed by atoms with Crippen molar-refractivity contribution in [3.8, 4) is 0 Å². The summed E-state index contributed by atoms with van der Waals surface area (Å²) < 4.78 is 0. The number of nitrogens with zero attached hydrogens (tertiary/aromatic N) is 1. The maximum atomic E-state index is 12.0. The van der Waals surface area contributed by atoms with Gasteiger partial charge in [0.25, 0.3) is 0 Å². The third-order valence-corrected chi connectivity index (χ3v) is 4.43. The smallest absolute Gasteiger partial charge is 0.321 e. The van der Waals surface area contributed by atoms with Gasteiger partial charge in [-0.2, -0.15) is 11.8 Å². The fourth-order valence-corrected chi connectivity index (χ4v) is 3.24. The van der Waals surface area contributed by atoms with Crippen LogP contribution in [0.1, 0.15) is 33.1 Å². The number of carbonyl (C=O) groups is 2. The third-order valence-electron chi connectivity index (χ3n) is 3.41. The Labute approximate surface area is 119 Å². The third kappa shape index (κ3) is 5.03. The van der Waals surface area contributed by atoms with Crippen LogP contribution in [0.15, 0.2) is 0 Å². The molecule has 5 nitrogen and oxygen atoms in total. The number of nitrogens with one attached hydrogen (secondary N) is 1. The van der Waals surface area contributed by atoms with Gasteiger partial charge in [0, 0.05) is 24.6 Å². The van der Waals surface area contributed by atoms with Crippen molar-refractivity contribution >= 4 is 23.6 Å². The van der Waals surface area contributed by atoms with E-state index in [0.717, 1.165) is 25.0 Å². The maximum absolute atomic E-state index is 12.0. The molecule has 6 heteroatoms. The number of carboxylic acids is 1. The molecule has 110 valence electrons. The molecular weight excluding hydrogens is 264 g/mol. The van der Waals surface area contributed by atoms with Crippen LogP contribution in [0, 0.1) is 0 Å². The second-order valence-corrected chi connectivity index (χ2v) is 5.99. The normalized spacial score (nSPS) is 21.9. The lowest BCUT2D eigenvalue weighted by Crippen LogP contribution is -2.56. The average molecular weight is 288 g/mol. The van der Waals surface area contributed by atoms with Crippen molar-refractivity contribution in [1.82, 2.24) is 10.2 Å². The molecule has 1 heterocycles. The van der Waals surface area contributed by atoms with E-state index in [1.54, 1.807) is 23.6 Å². The molecule has 1 fully saturated rings. The van der Waals surface area contributed by atoms with E-state index in [9.17, 15) is 14.7 Å². The zero-order valence-electron chi connectivity index (χ0n) is 11.7. The van der Waals surface area contributed by atoms with Gasteiger partial charge in [-0.05, 0) is 13.3 Å². The van der Waals surface area contributed by atoms with Crippen molar-refractivity contribution in [2.75, 3.05) is 24.6 Å². The van der Waals surface area contributed by atoms with E-state index in [2.05, 4.69) is 12.2 Å². The SMILES string of the molecule is CCCCCNC(=O)C(C)N1CCSCC1C(=O)O. The molecule has 1 rings (SSSR count). The summed E-state index contributed by atoms with van der Waals surface area (Å²) in [4.78, 5) is 25.0. The first-order valence-electron chi connectivity index (χ1n) is 6.92. The van der Waals surface area contributed by atoms with Crippen LogP contribution in [-0.4, -0.2) is 58.6 Å². The Balaban J connectivity index is 2.46. The van der Waals surface area contributed by atoms with E-state index in [4.69, 9.17) is 0 Å². The summed E-state index contributed by atoms with van der Waals surface area (Å²) in [6, 6.07) is -0.918. The number of rotatable bonds is 7. The molecule has 0 aliphatic carbocycles. The molecule has 1 saturated heterocycles. The number of thioether (sulfide) groups is 1. The number of aliphatic carboxylic acids is 1. The Bertz CT molecular complexity index is 312. The lowest BCUT2D eigenvalue weighted by Gasteiger charge is -2.36. The van der Waals surface area contributed by atoms with Crippen molar-refractivity contribution in [2.24, 2.45) is 0 Å². The van der Waals surface area contributed by atoms with Crippen LogP contribution < -0.4 is 5.32 Å². The van der Waals surface area contributed by atoms with Crippen LogP contribution in [0.5, 0.6) is 0 Å². The topological polar surface area (TPSA) is 69.6 Å². The summed E-state index contributed by atoms with van der Waals surface area (Å²) in [5, 5.41) is 12.1. The van der Waals surface area contributed by atoms with Gasteiger partial charge in [-0.15, -0.1) is 0 Å². The molecule has 1 aliphatic rings. The van der Waals surface area contributed by atoms with E-state index < -0.39 is 12.0 Å². The number of amides is 1. The summed E-state index contributed by atoms with van der Waals surface area (Å²) in [5.74, 6) is 0.548. The van der Waals surface area contributed by atoms with Gasteiger partial charge < -0.3 is 10.4 Å².